The molecule has 0 bridgehead atoms. The average molecular weight is 514 g/mol. The van der Waals surface area contributed by atoms with Gasteiger partial charge in [0.1, 0.15) is 11.3 Å². The molecule has 190 valence electrons. The number of halogens is 3. The van der Waals surface area contributed by atoms with Gasteiger partial charge in [0.15, 0.2) is 0 Å². The molecule has 13 heteroatoms. The van der Waals surface area contributed by atoms with E-state index in [1.807, 2.05) is 10.7 Å². The molecule has 0 spiro atoms. The smallest absolute Gasteiger partial charge is 0.416 e. The fourth-order valence-electron chi connectivity index (χ4n) is 3.02. The average Bonchev–Trinajstić information content (AvgIpc) is 2.87. The van der Waals surface area contributed by atoms with Crippen LogP contribution in [0.2, 0.25) is 0 Å². The summed E-state index contributed by atoms with van der Waals surface area (Å²) < 4.78 is 43.8. The first kappa shape index (κ1) is 26.5. The van der Waals surface area contributed by atoms with Crippen molar-refractivity contribution in [2.45, 2.75) is 13.1 Å². The van der Waals surface area contributed by atoms with E-state index in [1.165, 1.54) is 49.4 Å². The van der Waals surface area contributed by atoms with E-state index in [1.54, 1.807) is 6.07 Å². The summed E-state index contributed by atoms with van der Waals surface area (Å²) in [5, 5.41) is 17.0. The van der Waals surface area contributed by atoms with E-state index in [9.17, 15) is 37.7 Å². The molecule has 3 aromatic rings. The van der Waals surface area contributed by atoms with E-state index in [-0.39, 0.29) is 28.3 Å². The molecular weight excluding hydrogens is 497 g/mol. The van der Waals surface area contributed by atoms with Gasteiger partial charge in [-0.15, -0.1) is 0 Å². The topological polar surface area (TPSA) is 140 Å². The number of hydrogen-bond acceptors (Lipinski definition) is 7. The first-order chi connectivity index (χ1) is 17.5. The van der Waals surface area contributed by atoms with E-state index in [2.05, 4.69) is 5.10 Å². The predicted octanol–water partition coefficient (Wildman–Crippen LogP) is 4.31. The van der Waals surface area contributed by atoms with Crippen molar-refractivity contribution in [1.29, 1.82) is 0 Å². The number of ether oxygens (including phenoxy) is 1. The molecular formula is C24H17F3N4O6. The number of hydrazone groups is 1. The number of esters is 1. The van der Waals surface area contributed by atoms with E-state index in [4.69, 9.17) is 4.74 Å². The Morgan fingerprint density at radius 1 is 0.919 bits per heavy atom. The number of nitro benzene ring substituents is 1. The Balaban J connectivity index is 1.72. The number of nitrogens with zero attached hydrogens (tertiary/aromatic N) is 2. The van der Waals surface area contributed by atoms with Crippen molar-refractivity contribution in [3.63, 3.8) is 0 Å². The summed E-state index contributed by atoms with van der Waals surface area (Å²) in [5.41, 5.74) is 0.286. The maximum atomic E-state index is 12.8. The van der Waals surface area contributed by atoms with Crippen LogP contribution in [0.15, 0.2) is 77.9 Å². The number of carbonyl (C=O) groups excluding carboxylic acids is 3. The molecule has 2 amide bonds. The second-order valence-corrected chi connectivity index (χ2v) is 7.33. The number of nitro groups is 1. The summed E-state index contributed by atoms with van der Waals surface area (Å²) in [6.45, 7) is 1.42. The van der Waals surface area contributed by atoms with Gasteiger partial charge < -0.3 is 10.1 Å². The highest BCUT2D eigenvalue weighted by Gasteiger charge is 2.30. The Labute approximate surface area is 206 Å². The number of amides is 2. The lowest BCUT2D eigenvalue weighted by Crippen LogP contribution is -2.33. The van der Waals surface area contributed by atoms with Gasteiger partial charge in [-0.2, -0.15) is 18.3 Å². The van der Waals surface area contributed by atoms with Crippen LogP contribution in [0, 0.1) is 10.1 Å². The number of benzene rings is 3. The molecule has 0 aliphatic carbocycles. The molecule has 0 aliphatic heterocycles. The number of anilines is 1. The van der Waals surface area contributed by atoms with Crippen molar-refractivity contribution in [2.24, 2.45) is 5.10 Å². The van der Waals surface area contributed by atoms with Crippen molar-refractivity contribution in [3.05, 3.63) is 99.6 Å². The van der Waals surface area contributed by atoms with Crippen LogP contribution in [-0.4, -0.2) is 28.4 Å². The summed E-state index contributed by atoms with van der Waals surface area (Å²) >= 11 is 0. The van der Waals surface area contributed by atoms with Crippen molar-refractivity contribution in [1.82, 2.24) is 5.43 Å². The van der Waals surface area contributed by atoms with Crippen LogP contribution in [0.1, 0.15) is 28.4 Å². The summed E-state index contributed by atoms with van der Waals surface area (Å²) in [6, 6.07) is 14.9. The first-order valence-corrected chi connectivity index (χ1v) is 10.3. The number of nitrogens with one attached hydrogen (secondary N) is 2. The number of alkyl halides is 3. The Kier molecular flexibility index (Phi) is 7.97. The van der Waals surface area contributed by atoms with Crippen LogP contribution >= 0.6 is 0 Å². The fourth-order valence-corrected chi connectivity index (χ4v) is 3.02. The quantitative estimate of drug-likeness (QED) is 0.125. The Morgan fingerprint density at radius 2 is 1.57 bits per heavy atom. The molecule has 0 aliphatic rings. The van der Waals surface area contributed by atoms with Gasteiger partial charge in [-0.1, -0.05) is 30.3 Å². The van der Waals surface area contributed by atoms with Gasteiger partial charge in [-0.05, 0) is 43.3 Å². The molecule has 3 rings (SSSR count). The molecule has 0 aromatic heterocycles. The van der Waals surface area contributed by atoms with E-state index >= 15 is 0 Å². The minimum Gasteiger partial charge on any atom is -0.422 e. The molecule has 0 unspecified atom stereocenters. The molecule has 0 radical (unpaired) electrons. The van der Waals surface area contributed by atoms with Gasteiger partial charge in [0.05, 0.1) is 16.2 Å². The largest absolute Gasteiger partial charge is 0.422 e. The van der Waals surface area contributed by atoms with Crippen LogP contribution < -0.4 is 15.5 Å². The SMILES string of the molecule is C/C(=N\NC(=O)C(=O)Nc1cccc(C(F)(F)F)c1)c1ccccc1OC(=O)c1ccccc1[N+](=O)[O-]. The van der Waals surface area contributed by atoms with Crippen LogP contribution in [-0.2, 0) is 15.8 Å². The highest BCUT2D eigenvalue weighted by atomic mass is 19.4. The maximum absolute atomic E-state index is 12.8. The van der Waals surface area contributed by atoms with E-state index < -0.39 is 40.1 Å². The van der Waals surface area contributed by atoms with E-state index in [0.717, 1.165) is 18.2 Å². The van der Waals surface area contributed by atoms with Crippen molar-refractivity contribution in [3.8, 4) is 5.75 Å². The maximum Gasteiger partial charge on any atom is 0.416 e. The summed E-state index contributed by atoms with van der Waals surface area (Å²) in [6.07, 6.45) is -4.63. The molecule has 3 aromatic carbocycles. The summed E-state index contributed by atoms with van der Waals surface area (Å²) in [7, 11) is 0. The van der Waals surface area contributed by atoms with Crippen LogP contribution in [0.3, 0.4) is 0 Å². The lowest BCUT2D eigenvalue weighted by atomic mass is 10.1. The molecule has 0 saturated carbocycles. The fraction of sp³-hybridized carbons (Fsp3) is 0.0833. The Hall–Kier alpha value is -5.07. The molecule has 0 fully saturated rings. The standard InChI is InChI=1S/C24H17F3N4O6/c1-14(29-30-22(33)21(32)28-16-8-6-7-15(13-16)24(25,26)27)17-9-3-5-12-20(17)37-23(34)18-10-2-4-11-19(18)31(35)36/h2-13H,1H3,(H,28,32)(H,30,33)/b29-14+. The second kappa shape index (κ2) is 11.1. The van der Waals surface area contributed by atoms with Crippen molar-refractivity contribution >= 4 is 34.9 Å². The van der Waals surface area contributed by atoms with Crippen molar-refractivity contribution in [2.75, 3.05) is 5.32 Å². The highest BCUT2D eigenvalue weighted by Crippen LogP contribution is 2.30. The molecule has 10 nitrogen and oxygen atoms in total. The zero-order chi connectivity index (χ0) is 27.2. The highest BCUT2D eigenvalue weighted by molar-refractivity contribution is 6.39. The van der Waals surface area contributed by atoms with E-state index in [0.29, 0.717) is 6.07 Å². The van der Waals surface area contributed by atoms with Crippen LogP contribution in [0.25, 0.3) is 0 Å². The lowest BCUT2D eigenvalue weighted by Gasteiger charge is -2.11. The zero-order valence-corrected chi connectivity index (χ0v) is 18.9. The Bertz CT molecular complexity index is 1400. The van der Waals surface area contributed by atoms with Gasteiger partial charge in [0, 0.05) is 17.3 Å². The third-order valence-electron chi connectivity index (χ3n) is 4.78. The van der Waals surface area contributed by atoms with Gasteiger partial charge in [-0.25, -0.2) is 10.2 Å². The molecule has 0 atom stereocenters. The van der Waals surface area contributed by atoms with Crippen LogP contribution in [0.5, 0.6) is 5.75 Å². The molecule has 0 heterocycles. The minimum absolute atomic E-state index is 0.0328. The monoisotopic (exact) mass is 514 g/mol. The van der Waals surface area contributed by atoms with Gasteiger partial charge >= 0.3 is 24.0 Å². The van der Waals surface area contributed by atoms with Gasteiger partial charge in [0.25, 0.3) is 5.69 Å². The molecule has 37 heavy (non-hydrogen) atoms. The third-order valence-corrected chi connectivity index (χ3v) is 4.78. The predicted molar refractivity (Wildman–Crippen MR) is 125 cm³/mol. The van der Waals surface area contributed by atoms with Crippen LogP contribution in [0.4, 0.5) is 24.5 Å². The Morgan fingerprint density at radius 3 is 2.24 bits per heavy atom. The summed E-state index contributed by atoms with van der Waals surface area (Å²) in [4.78, 5) is 47.2. The summed E-state index contributed by atoms with van der Waals surface area (Å²) in [5.74, 6) is -3.58. The van der Waals surface area contributed by atoms with Crippen molar-refractivity contribution < 1.29 is 37.2 Å². The first-order valence-electron chi connectivity index (χ1n) is 10.3. The minimum atomic E-state index is -4.63. The third kappa shape index (κ3) is 6.75. The molecule has 0 saturated heterocycles. The number of hydrogen-bond donors (Lipinski definition) is 2. The number of rotatable bonds is 6. The van der Waals surface area contributed by atoms with Gasteiger partial charge in [0.2, 0.25) is 0 Å². The number of para-hydroxylation sites is 2. The lowest BCUT2D eigenvalue weighted by molar-refractivity contribution is -0.385. The number of carbonyl (C=O) groups is 3. The molecule has 2 N–H and O–H groups in total. The second-order valence-electron chi connectivity index (χ2n) is 7.33. The normalized spacial score (nSPS) is 11.4. The van der Waals surface area contributed by atoms with Gasteiger partial charge in [-0.3, -0.25) is 19.7 Å². The zero-order valence-electron chi connectivity index (χ0n) is 18.9.